The third-order valence-corrected chi connectivity index (χ3v) is 6.02. The topological polar surface area (TPSA) is 102 Å². The maximum Gasteiger partial charge on any atom is 0.276 e. The van der Waals surface area contributed by atoms with Gasteiger partial charge in [0.2, 0.25) is 0 Å². The van der Waals surface area contributed by atoms with Crippen molar-refractivity contribution in [3.63, 3.8) is 0 Å². The van der Waals surface area contributed by atoms with Crippen molar-refractivity contribution >= 4 is 5.91 Å². The quantitative estimate of drug-likeness (QED) is 0.736. The van der Waals surface area contributed by atoms with Gasteiger partial charge in [0.05, 0.1) is 17.5 Å². The van der Waals surface area contributed by atoms with Gasteiger partial charge in [-0.3, -0.25) is 14.2 Å². The zero-order chi connectivity index (χ0) is 19.5. The second-order valence-electron chi connectivity index (χ2n) is 7.86. The van der Waals surface area contributed by atoms with Crippen LogP contribution in [0.25, 0.3) is 11.3 Å². The molecule has 28 heavy (non-hydrogen) atoms. The van der Waals surface area contributed by atoms with Gasteiger partial charge in [-0.2, -0.15) is 10.2 Å². The van der Waals surface area contributed by atoms with E-state index in [4.69, 9.17) is 4.52 Å². The summed E-state index contributed by atoms with van der Waals surface area (Å²) in [4.78, 5) is 15.0. The van der Waals surface area contributed by atoms with E-state index in [1.807, 2.05) is 31.3 Å². The van der Waals surface area contributed by atoms with Crippen LogP contribution < -0.4 is 0 Å². The summed E-state index contributed by atoms with van der Waals surface area (Å²) < 4.78 is 8.76. The summed E-state index contributed by atoms with van der Waals surface area (Å²) in [6.45, 7) is 0. The molecule has 2 bridgehead atoms. The Balaban J connectivity index is 1.39. The molecule has 3 aromatic rings. The molecule has 1 amide bonds. The van der Waals surface area contributed by atoms with Gasteiger partial charge in [-0.25, -0.2) is 0 Å². The molecule has 2 fully saturated rings. The second kappa shape index (κ2) is 6.03. The highest BCUT2D eigenvalue weighted by molar-refractivity contribution is 5.93. The SMILES string of the molecule is Cn1cc(-c2cc(C(=O)N3[C@@H]4CC[C@H]3CC(O)(c3ccnn3C)C4)no2)cn1. The van der Waals surface area contributed by atoms with E-state index in [0.29, 0.717) is 24.3 Å². The molecule has 3 aromatic heterocycles. The number of piperidine rings is 1. The van der Waals surface area contributed by atoms with Gasteiger partial charge in [-0.05, 0) is 18.9 Å². The standard InChI is InChI=1S/C19H22N6O3/c1-23-11-12(10-21-23)16-7-15(22-28-16)18(26)25-13-3-4-14(25)9-19(27,8-13)17-5-6-20-24(17)2/h5-7,10-11,13-14,27H,3-4,8-9H2,1-2H3/t13-,14+,19?. The predicted octanol–water partition coefficient (Wildman–Crippen LogP) is 1.46. The number of hydrogen-bond donors (Lipinski definition) is 1. The molecule has 1 unspecified atom stereocenters. The van der Waals surface area contributed by atoms with E-state index in [2.05, 4.69) is 15.4 Å². The maximum atomic E-state index is 13.2. The van der Waals surface area contributed by atoms with Crippen molar-refractivity contribution < 1.29 is 14.4 Å². The predicted molar refractivity (Wildman–Crippen MR) is 98.0 cm³/mol. The zero-order valence-corrected chi connectivity index (χ0v) is 15.8. The minimum atomic E-state index is -0.960. The lowest BCUT2D eigenvalue weighted by atomic mass is 9.83. The molecule has 2 saturated heterocycles. The molecular formula is C19H22N6O3. The highest BCUT2D eigenvalue weighted by atomic mass is 16.5. The highest BCUT2D eigenvalue weighted by Crippen LogP contribution is 2.46. The lowest BCUT2D eigenvalue weighted by Crippen LogP contribution is -2.52. The monoisotopic (exact) mass is 382 g/mol. The minimum absolute atomic E-state index is 0.0234. The van der Waals surface area contributed by atoms with Crippen LogP contribution in [0.15, 0.2) is 35.2 Å². The van der Waals surface area contributed by atoms with E-state index in [1.54, 1.807) is 27.8 Å². The van der Waals surface area contributed by atoms with Crippen LogP contribution in [-0.2, 0) is 19.7 Å². The van der Waals surface area contributed by atoms with Crippen molar-refractivity contribution in [1.29, 1.82) is 0 Å². The smallest absolute Gasteiger partial charge is 0.276 e. The number of aliphatic hydroxyl groups is 1. The van der Waals surface area contributed by atoms with Gasteiger partial charge in [-0.1, -0.05) is 5.16 Å². The Bertz CT molecular complexity index is 1020. The van der Waals surface area contributed by atoms with Gasteiger partial charge >= 0.3 is 0 Å². The van der Waals surface area contributed by atoms with Gasteiger partial charge in [0, 0.05) is 57.5 Å². The molecule has 0 aliphatic carbocycles. The van der Waals surface area contributed by atoms with Crippen molar-refractivity contribution in [1.82, 2.24) is 29.6 Å². The molecule has 146 valence electrons. The van der Waals surface area contributed by atoms with E-state index < -0.39 is 5.60 Å². The van der Waals surface area contributed by atoms with Gasteiger partial charge in [-0.15, -0.1) is 0 Å². The summed E-state index contributed by atoms with van der Waals surface area (Å²) in [5.41, 5.74) is 0.915. The first-order valence-corrected chi connectivity index (χ1v) is 9.44. The maximum absolute atomic E-state index is 13.2. The Kier molecular flexibility index (Phi) is 3.70. The van der Waals surface area contributed by atoms with Crippen LogP contribution in [0, 0.1) is 0 Å². The number of aromatic nitrogens is 5. The second-order valence-corrected chi connectivity index (χ2v) is 7.86. The summed E-state index contributed by atoms with van der Waals surface area (Å²) >= 11 is 0. The largest absolute Gasteiger partial charge is 0.383 e. The van der Waals surface area contributed by atoms with E-state index in [9.17, 15) is 9.90 Å². The Morgan fingerprint density at radius 3 is 2.61 bits per heavy atom. The molecule has 5 heterocycles. The molecular weight excluding hydrogens is 360 g/mol. The summed E-state index contributed by atoms with van der Waals surface area (Å²) in [7, 11) is 3.66. The number of carbonyl (C=O) groups excluding carboxylic acids is 1. The molecule has 5 rings (SSSR count). The van der Waals surface area contributed by atoms with Crippen LogP contribution in [0.3, 0.4) is 0 Å². The Labute approximate surface area is 161 Å². The summed E-state index contributed by atoms with van der Waals surface area (Å²) in [6.07, 6.45) is 7.95. The number of amides is 1. The first kappa shape index (κ1) is 17.2. The molecule has 0 spiro atoms. The van der Waals surface area contributed by atoms with Crippen molar-refractivity contribution in [2.45, 2.75) is 43.4 Å². The summed E-state index contributed by atoms with van der Waals surface area (Å²) in [5.74, 6) is 0.380. The molecule has 0 aromatic carbocycles. The fourth-order valence-corrected chi connectivity index (χ4v) is 4.79. The first-order chi connectivity index (χ1) is 13.4. The normalized spacial score (nSPS) is 26.8. The number of carbonyl (C=O) groups is 1. The van der Waals surface area contributed by atoms with Crippen LogP contribution in [0.5, 0.6) is 0 Å². The number of nitrogens with zero attached hydrogens (tertiary/aromatic N) is 6. The number of rotatable bonds is 3. The molecule has 2 aliphatic rings. The van der Waals surface area contributed by atoms with Crippen molar-refractivity contribution in [2.24, 2.45) is 14.1 Å². The van der Waals surface area contributed by atoms with Gasteiger partial charge in [0.15, 0.2) is 11.5 Å². The molecule has 2 aliphatic heterocycles. The lowest BCUT2D eigenvalue weighted by molar-refractivity contribution is -0.0532. The average Bonchev–Trinajstić information content (AvgIpc) is 3.42. The molecule has 3 atom stereocenters. The molecule has 9 nitrogen and oxygen atoms in total. The number of fused-ring (bicyclic) bond motifs is 2. The van der Waals surface area contributed by atoms with E-state index in [1.165, 1.54) is 0 Å². The Morgan fingerprint density at radius 2 is 2.00 bits per heavy atom. The molecule has 1 N–H and O–H groups in total. The van der Waals surface area contributed by atoms with Gasteiger partial charge in [0.25, 0.3) is 5.91 Å². The molecule has 0 saturated carbocycles. The van der Waals surface area contributed by atoms with Crippen molar-refractivity contribution in [3.05, 3.63) is 42.1 Å². The Hall–Kier alpha value is -2.94. The third kappa shape index (κ3) is 2.57. The summed E-state index contributed by atoms with van der Waals surface area (Å²) in [6, 6.07) is 3.48. The average molecular weight is 382 g/mol. The van der Waals surface area contributed by atoms with Crippen LogP contribution in [-0.4, -0.2) is 52.7 Å². The fraction of sp³-hybridized carbons (Fsp3) is 0.474. The summed E-state index contributed by atoms with van der Waals surface area (Å²) in [5, 5.41) is 23.6. The fourth-order valence-electron chi connectivity index (χ4n) is 4.79. The highest BCUT2D eigenvalue weighted by Gasteiger charge is 2.51. The van der Waals surface area contributed by atoms with E-state index >= 15 is 0 Å². The lowest BCUT2D eigenvalue weighted by Gasteiger charge is -2.43. The van der Waals surface area contributed by atoms with Crippen LogP contribution in [0.4, 0.5) is 0 Å². The number of aryl methyl sites for hydroxylation is 2. The van der Waals surface area contributed by atoms with Crippen molar-refractivity contribution in [2.75, 3.05) is 0 Å². The van der Waals surface area contributed by atoms with Crippen molar-refractivity contribution in [3.8, 4) is 11.3 Å². The minimum Gasteiger partial charge on any atom is -0.383 e. The van der Waals surface area contributed by atoms with Crippen LogP contribution in [0.2, 0.25) is 0 Å². The van der Waals surface area contributed by atoms with E-state index in [-0.39, 0.29) is 18.0 Å². The Morgan fingerprint density at radius 1 is 1.25 bits per heavy atom. The zero-order valence-electron chi connectivity index (χ0n) is 15.8. The third-order valence-electron chi connectivity index (χ3n) is 6.02. The number of hydrogen-bond acceptors (Lipinski definition) is 6. The molecule has 9 heteroatoms. The van der Waals surface area contributed by atoms with Gasteiger partial charge in [0.1, 0.15) is 5.60 Å². The molecule has 0 radical (unpaired) electrons. The first-order valence-electron chi connectivity index (χ1n) is 9.44. The van der Waals surface area contributed by atoms with Crippen LogP contribution >= 0.6 is 0 Å². The van der Waals surface area contributed by atoms with E-state index in [0.717, 1.165) is 24.1 Å². The van der Waals surface area contributed by atoms with Crippen LogP contribution in [0.1, 0.15) is 41.9 Å². The van der Waals surface area contributed by atoms with Gasteiger partial charge < -0.3 is 14.5 Å².